The molecule has 18 heavy (non-hydrogen) atoms. The standard InChI is InChI=1S/C12H15FN4O/c1-8(12-16-15-7-17(12)2)14-6-9-3-4-11(18)10(13)5-9/h3-5,7-8,14,18H,6H2,1-2H3. The zero-order valence-electron chi connectivity index (χ0n) is 10.3. The Morgan fingerprint density at radius 3 is 2.89 bits per heavy atom. The molecule has 0 amide bonds. The van der Waals surface area contributed by atoms with Crippen molar-refractivity contribution >= 4 is 0 Å². The SMILES string of the molecule is CC(NCc1ccc(O)c(F)c1)c1nncn1C. The maximum Gasteiger partial charge on any atom is 0.165 e. The molecular weight excluding hydrogens is 235 g/mol. The van der Waals surface area contributed by atoms with E-state index in [1.165, 1.54) is 12.1 Å². The van der Waals surface area contributed by atoms with Gasteiger partial charge in [0.25, 0.3) is 0 Å². The van der Waals surface area contributed by atoms with Crippen molar-refractivity contribution in [2.75, 3.05) is 0 Å². The number of hydrogen-bond donors (Lipinski definition) is 2. The molecule has 5 nitrogen and oxygen atoms in total. The van der Waals surface area contributed by atoms with E-state index in [1.54, 1.807) is 12.4 Å². The summed E-state index contributed by atoms with van der Waals surface area (Å²) in [6.07, 6.45) is 1.63. The summed E-state index contributed by atoms with van der Waals surface area (Å²) in [5, 5.41) is 20.1. The number of phenolic OH excluding ortho intramolecular Hbond substituents is 1. The maximum atomic E-state index is 13.1. The van der Waals surface area contributed by atoms with Gasteiger partial charge in [-0.25, -0.2) is 4.39 Å². The summed E-state index contributed by atoms with van der Waals surface area (Å²) in [6.45, 7) is 2.45. The van der Waals surface area contributed by atoms with Crippen LogP contribution < -0.4 is 5.32 Å². The minimum atomic E-state index is -0.611. The topological polar surface area (TPSA) is 63.0 Å². The van der Waals surface area contributed by atoms with Crippen LogP contribution in [0.2, 0.25) is 0 Å². The fraction of sp³-hybridized carbons (Fsp3) is 0.333. The van der Waals surface area contributed by atoms with Crippen molar-refractivity contribution in [1.82, 2.24) is 20.1 Å². The fourth-order valence-corrected chi connectivity index (χ4v) is 1.71. The molecule has 96 valence electrons. The molecule has 0 bridgehead atoms. The third-order valence-corrected chi connectivity index (χ3v) is 2.76. The molecule has 2 rings (SSSR count). The Balaban J connectivity index is 1.99. The highest BCUT2D eigenvalue weighted by atomic mass is 19.1. The summed E-state index contributed by atoms with van der Waals surface area (Å²) < 4.78 is 15.0. The van der Waals surface area contributed by atoms with Crippen molar-refractivity contribution in [1.29, 1.82) is 0 Å². The van der Waals surface area contributed by atoms with Gasteiger partial charge in [0.15, 0.2) is 11.6 Å². The summed E-state index contributed by atoms with van der Waals surface area (Å²) in [5.74, 6) is -0.130. The van der Waals surface area contributed by atoms with E-state index in [9.17, 15) is 4.39 Å². The molecule has 0 aliphatic rings. The Morgan fingerprint density at radius 2 is 2.28 bits per heavy atom. The van der Waals surface area contributed by atoms with Gasteiger partial charge < -0.3 is 15.0 Å². The molecule has 0 aliphatic heterocycles. The average Bonchev–Trinajstić information content (AvgIpc) is 2.77. The number of aromatic nitrogens is 3. The fourth-order valence-electron chi connectivity index (χ4n) is 1.71. The number of benzene rings is 1. The van der Waals surface area contributed by atoms with Crippen LogP contribution in [0.3, 0.4) is 0 Å². The number of hydrogen-bond acceptors (Lipinski definition) is 4. The van der Waals surface area contributed by atoms with Gasteiger partial charge in [-0.2, -0.15) is 0 Å². The number of aryl methyl sites for hydroxylation is 1. The first-order valence-electron chi connectivity index (χ1n) is 5.62. The number of halogens is 1. The summed E-state index contributed by atoms with van der Waals surface area (Å²) >= 11 is 0. The minimum Gasteiger partial charge on any atom is -0.505 e. The van der Waals surface area contributed by atoms with Gasteiger partial charge >= 0.3 is 0 Å². The third kappa shape index (κ3) is 2.65. The smallest absolute Gasteiger partial charge is 0.165 e. The van der Waals surface area contributed by atoms with Crippen molar-refractivity contribution in [3.63, 3.8) is 0 Å². The summed E-state index contributed by atoms with van der Waals surface area (Å²) in [5.41, 5.74) is 0.763. The van der Waals surface area contributed by atoms with Crippen LogP contribution in [-0.2, 0) is 13.6 Å². The van der Waals surface area contributed by atoms with Crippen LogP contribution >= 0.6 is 0 Å². The zero-order valence-corrected chi connectivity index (χ0v) is 10.3. The molecule has 0 spiro atoms. The first kappa shape index (κ1) is 12.5. The van der Waals surface area contributed by atoms with E-state index in [4.69, 9.17) is 5.11 Å². The van der Waals surface area contributed by atoms with Crippen molar-refractivity contribution in [3.8, 4) is 5.75 Å². The molecule has 1 unspecified atom stereocenters. The van der Waals surface area contributed by atoms with Crippen molar-refractivity contribution in [3.05, 3.63) is 41.7 Å². The highest BCUT2D eigenvalue weighted by molar-refractivity contribution is 5.27. The molecule has 1 aromatic heterocycles. The van der Waals surface area contributed by atoms with E-state index >= 15 is 0 Å². The lowest BCUT2D eigenvalue weighted by Gasteiger charge is -2.13. The normalized spacial score (nSPS) is 12.6. The zero-order chi connectivity index (χ0) is 13.1. The summed E-state index contributed by atoms with van der Waals surface area (Å²) in [6, 6.07) is 4.34. The number of aromatic hydroxyl groups is 1. The van der Waals surface area contributed by atoms with E-state index in [0.29, 0.717) is 6.54 Å². The number of nitrogens with zero attached hydrogens (tertiary/aromatic N) is 3. The van der Waals surface area contributed by atoms with Crippen LogP contribution in [0.5, 0.6) is 5.75 Å². The average molecular weight is 250 g/mol. The largest absolute Gasteiger partial charge is 0.505 e. The van der Waals surface area contributed by atoms with Crippen LogP contribution in [-0.4, -0.2) is 19.9 Å². The first-order valence-corrected chi connectivity index (χ1v) is 5.62. The molecule has 2 aromatic rings. The summed E-state index contributed by atoms with van der Waals surface area (Å²) in [7, 11) is 1.87. The van der Waals surface area contributed by atoms with Crippen molar-refractivity contribution in [2.45, 2.75) is 19.5 Å². The first-order chi connectivity index (χ1) is 8.58. The molecule has 1 atom stereocenters. The van der Waals surface area contributed by atoms with Gasteiger partial charge in [0.2, 0.25) is 0 Å². The predicted molar refractivity (Wildman–Crippen MR) is 64.3 cm³/mol. The van der Waals surface area contributed by atoms with Crippen LogP contribution in [0.15, 0.2) is 24.5 Å². The quantitative estimate of drug-likeness (QED) is 0.863. The summed E-state index contributed by atoms with van der Waals surface area (Å²) in [4.78, 5) is 0. The van der Waals surface area contributed by atoms with Gasteiger partial charge in [0, 0.05) is 13.6 Å². The molecule has 0 saturated carbocycles. The van der Waals surface area contributed by atoms with Gasteiger partial charge in [0.1, 0.15) is 12.2 Å². The van der Waals surface area contributed by atoms with Crippen molar-refractivity contribution in [2.24, 2.45) is 7.05 Å². The lowest BCUT2D eigenvalue weighted by atomic mass is 10.2. The molecule has 2 N–H and O–H groups in total. The Bertz CT molecular complexity index is 541. The second kappa shape index (κ2) is 5.14. The molecule has 1 heterocycles. The van der Waals surface area contributed by atoms with Crippen LogP contribution in [0.1, 0.15) is 24.4 Å². The van der Waals surface area contributed by atoms with Gasteiger partial charge in [0.05, 0.1) is 6.04 Å². The molecule has 1 aromatic carbocycles. The van der Waals surface area contributed by atoms with Gasteiger partial charge in [-0.15, -0.1) is 10.2 Å². The molecule has 0 saturated heterocycles. The third-order valence-electron chi connectivity index (χ3n) is 2.76. The molecule has 0 fully saturated rings. The second-order valence-electron chi connectivity index (χ2n) is 4.19. The lowest BCUT2D eigenvalue weighted by Crippen LogP contribution is -2.21. The Kier molecular flexibility index (Phi) is 3.57. The number of nitrogens with one attached hydrogen (secondary N) is 1. The monoisotopic (exact) mass is 250 g/mol. The maximum absolute atomic E-state index is 13.1. The predicted octanol–water partition coefficient (Wildman–Crippen LogP) is 1.51. The second-order valence-corrected chi connectivity index (χ2v) is 4.19. The van der Waals surface area contributed by atoms with E-state index in [-0.39, 0.29) is 11.8 Å². The van der Waals surface area contributed by atoms with E-state index < -0.39 is 5.82 Å². The number of phenols is 1. The molecule has 0 radical (unpaired) electrons. The van der Waals surface area contributed by atoms with Crippen LogP contribution in [0, 0.1) is 5.82 Å². The van der Waals surface area contributed by atoms with E-state index in [2.05, 4.69) is 15.5 Å². The van der Waals surface area contributed by atoms with Gasteiger partial charge in [-0.1, -0.05) is 6.07 Å². The van der Waals surface area contributed by atoms with E-state index in [0.717, 1.165) is 11.4 Å². The van der Waals surface area contributed by atoms with Crippen LogP contribution in [0.4, 0.5) is 4.39 Å². The minimum absolute atomic E-state index is 0.00867. The van der Waals surface area contributed by atoms with Crippen molar-refractivity contribution < 1.29 is 9.50 Å². The van der Waals surface area contributed by atoms with Gasteiger partial charge in [-0.05, 0) is 24.6 Å². The number of rotatable bonds is 4. The van der Waals surface area contributed by atoms with Gasteiger partial charge in [-0.3, -0.25) is 0 Å². The molecular formula is C12H15FN4O. The van der Waals surface area contributed by atoms with Crippen LogP contribution in [0.25, 0.3) is 0 Å². The Labute approximate surface area is 104 Å². The molecule has 6 heteroatoms. The highest BCUT2D eigenvalue weighted by Gasteiger charge is 2.10. The Hall–Kier alpha value is -1.95. The lowest BCUT2D eigenvalue weighted by molar-refractivity contribution is 0.431. The van der Waals surface area contributed by atoms with E-state index in [1.807, 2.05) is 18.5 Å². The molecule has 0 aliphatic carbocycles. The Morgan fingerprint density at radius 1 is 1.50 bits per heavy atom. The highest BCUT2D eigenvalue weighted by Crippen LogP contribution is 2.17.